The third-order valence-electron chi connectivity index (χ3n) is 3.00. The molecule has 1 aliphatic rings. The molecule has 7 heteroatoms. The highest BCUT2D eigenvalue weighted by Gasteiger charge is 2.29. The van der Waals surface area contributed by atoms with Gasteiger partial charge in [0.25, 0.3) is 0 Å². The van der Waals surface area contributed by atoms with Gasteiger partial charge in [0.15, 0.2) is 0 Å². The molecule has 94 valence electrons. The van der Waals surface area contributed by atoms with Gasteiger partial charge in [-0.15, -0.1) is 0 Å². The minimum absolute atomic E-state index is 0.0195. The van der Waals surface area contributed by atoms with E-state index in [9.17, 15) is 15.2 Å². The highest BCUT2D eigenvalue weighted by Crippen LogP contribution is 2.32. The summed E-state index contributed by atoms with van der Waals surface area (Å²) in [6.07, 6.45) is 2.23. The van der Waals surface area contributed by atoms with Crippen LogP contribution in [0, 0.1) is 10.1 Å². The van der Waals surface area contributed by atoms with Crippen LogP contribution in [0.5, 0.6) is 0 Å². The molecule has 2 rings (SSSR count). The molecule has 0 radical (unpaired) electrons. The zero-order chi connectivity index (χ0) is 12.4. The monoisotopic (exact) mass is 241 g/mol. The van der Waals surface area contributed by atoms with Gasteiger partial charge in [0.05, 0.1) is 11.0 Å². The van der Waals surface area contributed by atoms with Crippen LogP contribution in [0.2, 0.25) is 0 Å². The minimum Gasteiger partial charge on any atom is -0.393 e. The fourth-order valence-corrected chi connectivity index (χ4v) is 2.08. The summed E-state index contributed by atoms with van der Waals surface area (Å²) in [5.41, 5.74) is 0.456. The summed E-state index contributed by atoms with van der Waals surface area (Å²) in [5, 5.41) is 24.3. The van der Waals surface area contributed by atoms with E-state index in [4.69, 9.17) is 4.74 Å². The smallest absolute Gasteiger partial charge is 0.312 e. The molecular weight excluding hydrogens is 226 g/mol. The molecule has 0 aromatic carbocycles. The van der Waals surface area contributed by atoms with Crippen molar-refractivity contribution in [2.75, 3.05) is 6.61 Å². The lowest BCUT2D eigenvalue weighted by Gasteiger charge is -2.14. The van der Waals surface area contributed by atoms with E-state index in [-0.39, 0.29) is 17.9 Å². The summed E-state index contributed by atoms with van der Waals surface area (Å²) in [7, 11) is 1.66. The van der Waals surface area contributed by atoms with Crippen LogP contribution in [-0.2, 0) is 11.8 Å². The van der Waals surface area contributed by atoms with Crippen molar-refractivity contribution in [3.05, 3.63) is 22.0 Å². The van der Waals surface area contributed by atoms with Gasteiger partial charge in [0, 0.05) is 13.7 Å². The summed E-state index contributed by atoms with van der Waals surface area (Å²) in [6.45, 7) is 0.411. The molecule has 1 N–H and O–H groups in total. The molecule has 1 aliphatic heterocycles. The molecule has 0 bridgehead atoms. The van der Waals surface area contributed by atoms with Crippen LogP contribution in [0.3, 0.4) is 0 Å². The fraction of sp³-hybridized carbons (Fsp3) is 0.700. The van der Waals surface area contributed by atoms with E-state index >= 15 is 0 Å². The molecule has 0 unspecified atom stereocenters. The Morgan fingerprint density at radius 2 is 2.35 bits per heavy atom. The molecule has 0 spiro atoms. The number of hydrogen-bond donors (Lipinski definition) is 1. The van der Waals surface area contributed by atoms with Crippen molar-refractivity contribution in [3.8, 4) is 0 Å². The molecule has 0 saturated carbocycles. The lowest BCUT2D eigenvalue weighted by atomic mass is 10.1. The highest BCUT2D eigenvalue weighted by atomic mass is 16.6. The molecule has 1 aromatic rings. The van der Waals surface area contributed by atoms with Crippen LogP contribution in [-0.4, -0.2) is 32.5 Å². The Bertz CT molecular complexity index is 418. The predicted molar refractivity (Wildman–Crippen MR) is 58.4 cm³/mol. The third-order valence-corrected chi connectivity index (χ3v) is 3.00. The van der Waals surface area contributed by atoms with Gasteiger partial charge >= 0.3 is 5.69 Å². The summed E-state index contributed by atoms with van der Waals surface area (Å²) in [5.74, 6) is 0. The quantitative estimate of drug-likeness (QED) is 0.614. The molecule has 0 amide bonds. The van der Waals surface area contributed by atoms with E-state index in [2.05, 4.69) is 5.10 Å². The van der Waals surface area contributed by atoms with E-state index in [0.29, 0.717) is 31.6 Å². The van der Waals surface area contributed by atoms with Gasteiger partial charge in [-0.3, -0.25) is 14.8 Å². The van der Waals surface area contributed by atoms with Gasteiger partial charge in [-0.25, -0.2) is 0 Å². The Morgan fingerprint density at radius 3 is 3.06 bits per heavy atom. The van der Waals surface area contributed by atoms with Crippen LogP contribution in [0.15, 0.2) is 6.20 Å². The van der Waals surface area contributed by atoms with Gasteiger partial charge < -0.3 is 9.84 Å². The van der Waals surface area contributed by atoms with Crippen molar-refractivity contribution in [2.45, 2.75) is 31.5 Å². The van der Waals surface area contributed by atoms with E-state index in [0.717, 1.165) is 0 Å². The van der Waals surface area contributed by atoms with Crippen molar-refractivity contribution in [1.29, 1.82) is 0 Å². The van der Waals surface area contributed by atoms with Crippen molar-refractivity contribution in [1.82, 2.24) is 9.78 Å². The molecule has 1 saturated heterocycles. The number of ether oxygens (including phenoxy) is 1. The number of nitrogens with zero attached hydrogens (tertiary/aromatic N) is 3. The molecule has 0 aliphatic carbocycles. The SMILES string of the molecule is Cn1ncc([N+](=O)[O-])c1[C@@H]1CC[C@@H](O)CCO1. The van der Waals surface area contributed by atoms with E-state index in [1.807, 2.05) is 0 Å². The van der Waals surface area contributed by atoms with Crippen molar-refractivity contribution < 1.29 is 14.8 Å². The van der Waals surface area contributed by atoms with Crippen LogP contribution in [0.4, 0.5) is 5.69 Å². The number of aryl methyl sites for hydroxylation is 1. The predicted octanol–water partition coefficient (Wildman–Crippen LogP) is 0.931. The number of aliphatic hydroxyl groups excluding tert-OH is 1. The average molecular weight is 241 g/mol. The summed E-state index contributed by atoms with van der Waals surface area (Å²) in [6, 6.07) is 0. The second-order valence-electron chi connectivity index (χ2n) is 4.18. The Morgan fingerprint density at radius 1 is 1.59 bits per heavy atom. The number of nitro groups is 1. The molecular formula is C10H15N3O4. The molecule has 7 nitrogen and oxygen atoms in total. The van der Waals surface area contributed by atoms with E-state index in [1.54, 1.807) is 7.05 Å². The third kappa shape index (κ3) is 2.45. The zero-order valence-corrected chi connectivity index (χ0v) is 9.57. The summed E-state index contributed by atoms with van der Waals surface area (Å²) >= 11 is 0. The molecule has 1 aromatic heterocycles. The van der Waals surface area contributed by atoms with Crippen LogP contribution >= 0.6 is 0 Å². The fourth-order valence-electron chi connectivity index (χ4n) is 2.08. The van der Waals surface area contributed by atoms with Crippen LogP contribution < -0.4 is 0 Å². The normalized spacial score (nSPS) is 25.5. The lowest BCUT2D eigenvalue weighted by molar-refractivity contribution is -0.386. The van der Waals surface area contributed by atoms with Crippen LogP contribution in [0.25, 0.3) is 0 Å². The Hall–Kier alpha value is -1.47. The first kappa shape index (κ1) is 12.0. The summed E-state index contributed by atoms with van der Waals surface area (Å²) in [4.78, 5) is 10.4. The molecule has 1 fully saturated rings. The highest BCUT2D eigenvalue weighted by molar-refractivity contribution is 5.34. The Labute approximate surface area is 98.1 Å². The average Bonchev–Trinajstić information content (AvgIpc) is 2.52. The molecule has 17 heavy (non-hydrogen) atoms. The number of aromatic nitrogens is 2. The van der Waals surface area contributed by atoms with Crippen LogP contribution in [0.1, 0.15) is 31.1 Å². The number of aliphatic hydroxyl groups is 1. The lowest BCUT2D eigenvalue weighted by Crippen LogP contribution is -2.10. The zero-order valence-electron chi connectivity index (χ0n) is 9.57. The maximum atomic E-state index is 10.9. The van der Waals surface area contributed by atoms with Crippen molar-refractivity contribution in [3.63, 3.8) is 0 Å². The minimum atomic E-state index is -0.451. The first-order valence-corrected chi connectivity index (χ1v) is 5.55. The van der Waals surface area contributed by atoms with Gasteiger partial charge in [-0.1, -0.05) is 0 Å². The Balaban J connectivity index is 2.26. The van der Waals surface area contributed by atoms with Gasteiger partial charge in [0.1, 0.15) is 18.0 Å². The standard InChI is InChI=1S/C10H15N3O4/c1-12-10(8(6-11-12)13(15)16)9-3-2-7(14)4-5-17-9/h6-7,9,14H,2-5H2,1H3/t7-,9+/m1/s1. The molecule has 2 heterocycles. The van der Waals surface area contributed by atoms with Crippen molar-refractivity contribution >= 4 is 5.69 Å². The first-order valence-electron chi connectivity index (χ1n) is 5.55. The first-order chi connectivity index (χ1) is 8.09. The molecule has 2 atom stereocenters. The van der Waals surface area contributed by atoms with E-state index < -0.39 is 4.92 Å². The van der Waals surface area contributed by atoms with Gasteiger partial charge in [-0.2, -0.15) is 5.10 Å². The second-order valence-corrected chi connectivity index (χ2v) is 4.18. The van der Waals surface area contributed by atoms with Gasteiger partial charge in [-0.05, 0) is 19.3 Å². The largest absolute Gasteiger partial charge is 0.393 e. The number of hydrogen-bond acceptors (Lipinski definition) is 5. The van der Waals surface area contributed by atoms with Gasteiger partial charge in [0.2, 0.25) is 0 Å². The topological polar surface area (TPSA) is 90.4 Å². The second kappa shape index (κ2) is 4.80. The van der Waals surface area contributed by atoms with E-state index in [1.165, 1.54) is 10.9 Å². The maximum absolute atomic E-state index is 10.9. The maximum Gasteiger partial charge on any atom is 0.312 e. The summed E-state index contributed by atoms with van der Waals surface area (Å²) < 4.78 is 7.04. The Kier molecular flexibility index (Phi) is 3.39. The van der Waals surface area contributed by atoms with Crippen molar-refractivity contribution in [2.24, 2.45) is 7.05 Å². The number of rotatable bonds is 2.